The first kappa shape index (κ1) is 16.6. The van der Waals surface area contributed by atoms with Gasteiger partial charge in [0.2, 0.25) is 10.0 Å². The molecule has 4 rings (SSSR count). The highest BCUT2D eigenvalue weighted by molar-refractivity contribution is 7.89. The van der Waals surface area contributed by atoms with Crippen LogP contribution in [0.4, 0.5) is 0 Å². The topological polar surface area (TPSA) is 62.4 Å². The fourth-order valence-electron chi connectivity index (χ4n) is 3.02. The quantitative estimate of drug-likeness (QED) is 0.760. The number of benzene rings is 2. The Morgan fingerprint density at radius 2 is 1.84 bits per heavy atom. The zero-order chi connectivity index (χ0) is 17.4. The van der Waals surface area contributed by atoms with Gasteiger partial charge in [0.15, 0.2) is 0 Å². The first-order valence-corrected chi connectivity index (χ1v) is 9.82. The van der Waals surface area contributed by atoms with E-state index in [0.29, 0.717) is 36.2 Å². The molecule has 0 spiro atoms. The van der Waals surface area contributed by atoms with Gasteiger partial charge in [0.05, 0.1) is 18.1 Å². The van der Waals surface area contributed by atoms with E-state index < -0.39 is 10.0 Å². The van der Waals surface area contributed by atoms with E-state index in [-0.39, 0.29) is 0 Å². The minimum absolute atomic E-state index is 0.304. The highest BCUT2D eigenvalue weighted by Crippen LogP contribution is 2.28. The summed E-state index contributed by atoms with van der Waals surface area (Å²) in [5.41, 5.74) is 2.75. The summed E-state index contributed by atoms with van der Waals surface area (Å²) in [5, 5.41) is 1.51. The number of ether oxygens (including phenoxy) is 1. The lowest BCUT2D eigenvalue weighted by molar-refractivity contribution is 0.0730. The minimum Gasteiger partial charge on any atom is -0.379 e. The highest BCUT2D eigenvalue weighted by atomic mass is 35.5. The number of H-pyrrole nitrogens is 1. The van der Waals surface area contributed by atoms with Gasteiger partial charge < -0.3 is 9.72 Å². The van der Waals surface area contributed by atoms with Gasteiger partial charge in [-0.2, -0.15) is 4.31 Å². The third kappa shape index (κ3) is 3.18. The average Bonchev–Trinajstić information content (AvgIpc) is 3.06. The number of halogens is 1. The molecule has 2 heterocycles. The van der Waals surface area contributed by atoms with Crippen LogP contribution in [0.15, 0.2) is 53.4 Å². The van der Waals surface area contributed by atoms with Crippen molar-refractivity contribution in [3.63, 3.8) is 0 Å². The van der Waals surface area contributed by atoms with Crippen LogP contribution in [0.5, 0.6) is 0 Å². The van der Waals surface area contributed by atoms with Crippen molar-refractivity contribution in [1.82, 2.24) is 9.29 Å². The first-order valence-electron chi connectivity index (χ1n) is 8.01. The number of sulfonamides is 1. The van der Waals surface area contributed by atoms with Crippen molar-refractivity contribution in [2.45, 2.75) is 4.90 Å². The number of aromatic amines is 1. The molecule has 1 N–H and O–H groups in total. The van der Waals surface area contributed by atoms with Crippen LogP contribution in [-0.4, -0.2) is 44.0 Å². The summed E-state index contributed by atoms with van der Waals surface area (Å²) in [6.07, 6.45) is 0. The zero-order valence-corrected chi connectivity index (χ0v) is 15.0. The Hall–Kier alpha value is -1.86. The van der Waals surface area contributed by atoms with Gasteiger partial charge >= 0.3 is 0 Å². The van der Waals surface area contributed by atoms with Gasteiger partial charge in [-0.25, -0.2) is 8.42 Å². The van der Waals surface area contributed by atoms with E-state index in [9.17, 15) is 8.42 Å². The molecule has 2 aromatic carbocycles. The van der Waals surface area contributed by atoms with Gasteiger partial charge in [0, 0.05) is 34.7 Å². The molecule has 0 saturated carbocycles. The van der Waals surface area contributed by atoms with Gasteiger partial charge in [-0.1, -0.05) is 23.7 Å². The molecule has 1 aliphatic heterocycles. The Bertz CT molecular complexity index is 1020. The van der Waals surface area contributed by atoms with Crippen LogP contribution in [0.1, 0.15) is 0 Å². The predicted octanol–water partition coefficient (Wildman–Crippen LogP) is 3.51. The summed E-state index contributed by atoms with van der Waals surface area (Å²) in [6.45, 7) is 1.65. The van der Waals surface area contributed by atoms with Crippen LogP contribution < -0.4 is 0 Å². The normalized spacial score (nSPS) is 16.4. The van der Waals surface area contributed by atoms with E-state index in [4.69, 9.17) is 16.3 Å². The molecule has 1 aromatic heterocycles. The van der Waals surface area contributed by atoms with Gasteiger partial charge in [0.1, 0.15) is 0 Å². The molecule has 0 aliphatic carbocycles. The largest absolute Gasteiger partial charge is 0.379 e. The third-order valence-electron chi connectivity index (χ3n) is 4.34. The van der Waals surface area contributed by atoms with Gasteiger partial charge in [-0.05, 0) is 42.0 Å². The van der Waals surface area contributed by atoms with Crippen LogP contribution in [-0.2, 0) is 14.8 Å². The summed E-state index contributed by atoms with van der Waals surface area (Å²) in [6, 6.07) is 14.6. The van der Waals surface area contributed by atoms with Crippen molar-refractivity contribution in [2.75, 3.05) is 26.3 Å². The van der Waals surface area contributed by atoms with E-state index in [1.165, 1.54) is 4.31 Å². The second-order valence-corrected chi connectivity index (χ2v) is 8.33. The lowest BCUT2D eigenvalue weighted by Crippen LogP contribution is -2.40. The van der Waals surface area contributed by atoms with Crippen molar-refractivity contribution < 1.29 is 13.2 Å². The fourth-order valence-corrected chi connectivity index (χ4v) is 4.65. The molecule has 1 fully saturated rings. The molecule has 25 heavy (non-hydrogen) atoms. The molecule has 1 aliphatic rings. The molecule has 0 atom stereocenters. The van der Waals surface area contributed by atoms with Crippen molar-refractivity contribution in [3.8, 4) is 11.3 Å². The first-order chi connectivity index (χ1) is 12.0. The molecule has 1 saturated heterocycles. The summed E-state index contributed by atoms with van der Waals surface area (Å²) in [5.74, 6) is 0. The number of aromatic nitrogens is 1. The number of morpholine rings is 1. The zero-order valence-electron chi connectivity index (χ0n) is 13.4. The van der Waals surface area contributed by atoms with Gasteiger partial charge in [-0.3, -0.25) is 0 Å². The van der Waals surface area contributed by atoms with Gasteiger partial charge in [0.25, 0.3) is 0 Å². The number of fused-ring (bicyclic) bond motifs is 1. The molecule has 5 nitrogen and oxygen atoms in total. The second kappa shape index (κ2) is 6.46. The fraction of sp³-hybridized carbons (Fsp3) is 0.222. The monoisotopic (exact) mass is 376 g/mol. The molecule has 3 aromatic rings. The van der Waals surface area contributed by atoms with E-state index in [0.717, 1.165) is 22.2 Å². The number of rotatable bonds is 3. The van der Waals surface area contributed by atoms with E-state index in [2.05, 4.69) is 4.98 Å². The molecule has 0 amide bonds. The summed E-state index contributed by atoms with van der Waals surface area (Å²) in [4.78, 5) is 3.61. The van der Waals surface area contributed by atoms with E-state index >= 15 is 0 Å². The van der Waals surface area contributed by atoms with E-state index in [1.54, 1.807) is 18.2 Å². The molecule has 0 radical (unpaired) electrons. The highest BCUT2D eigenvalue weighted by Gasteiger charge is 2.26. The minimum atomic E-state index is -3.50. The Morgan fingerprint density at radius 1 is 1.04 bits per heavy atom. The lowest BCUT2D eigenvalue weighted by Gasteiger charge is -2.26. The molecule has 7 heteroatoms. The van der Waals surface area contributed by atoms with Crippen molar-refractivity contribution >= 4 is 32.5 Å². The Kier molecular flexibility index (Phi) is 4.29. The average molecular weight is 377 g/mol. The smallest absolute Gasteiger partial charge is 0.243 e. The van der Waals surface area contributed by atoms with Crippen molar-refractivity contribution in [1.29, 1.82) is 0 Å². The second-order valence-electron chi connectivity index (χ2n) is 5.96. The standard InChI is InChI=1S/C18H17ClN2O3S/c19-15-3-1-2-13(10-15)18-12-14-11-16(4-5-17(14)20-18)25(22,23)21-6-8-24-9-7-21/h1-5,10-12,20H,6-9H2. The molecular weight excluding hydrogens is 360 g/mol. The van der Waals surface area contributed by atoms with Crippen LogP contribution in [0.3, 0.4) is 0 Å². The number of nitrogens with zero attached hydrogens (tertiary/aromatic N) is 1. The summed E-state index contributed by atoms with van der Waals surface area (Å²) < 4.78 is 32.3. The van der Waals surface area contributed by atoms with Crippen molar-refractivity contribution in [3.05, 3.63) is 53.6 Å². The number of hydrogen-bond donors (Lipinski definition) is 1. The summed E-state index contributed by atoms with van der Waals surface area (Å²) in [7, 11) is -3.50. The maximum atomic E-state index is 12.8. The maximum Gasteiger partial charge on any atom is 0.243 e. The SMILES string of the molecule is O=S(=O)(c1ccc2[nH]c(-c3cccc(Cl)c3)cc2c1)N1CCOCC1. The summed E-state index contributed by atoms with van der Waals surface area (Å²) >= 11 is 6.06. The van der Waals surface area contributed by atoms with Crippen LogP contribution in [0, 0.1) is 0 Å². The molecular formula is C18H17ClN2O3S. The van der Waals surface area contributed by atoms with Crippen LogP contribution in [0.25, 0.3) is 22.2 Å². The molecule has 0 unspecified atom stereocenters. The number of hydrogen-bond acceptors (Lipinski definition) is 3. The van der Waals surface area contributed by atoms with E-state index in [1.807, 2.05) is 30.3 Å². The van der Waals surface area contributed by atoms with Crippen molar-refractivity contribution in [2.24, 2.45) is 0 Å². The Balaban J connectivity index is 1.73. The molecule has 0 bridgehead atoms. The Morgan fingerprint density at radius 3 is 2.60 bits per heavy atom. The van der Waals surface area contributed by atoms with Crippen LogP contribution in [0.2, 0.25) is 5.02 Å². The van der Waals surface area contributed by atoms with Crippen LogP contribution >= 0.6 is 11.6 Å². The lowest BCUT2D eigenvalue weighted by atomic mass is 10.1. The van der Waals surface area contributed by atoms with Gasteiger partial charge in [-0.15, -0.1) is 0 Å². The number of nitrogens with one attached hydrogen (secondary N) is 1. The third-order valence-corrected chi connectivity index (χ3v) is 6.47. The predicted molar refractivity (Wildman–Crippen MR) is 98.3 cm³/mol. The maximum absolute atomic E-state index is 12.8. The Labute approximate surface area is 151 Å². The molecule has 130 valence electrons.